The van der Waals surface area contributed by atoms with E-state index in [-0.39, 0.29) is 0 Å². The Kier molecular flexibility index (Phi) is 7.00. The molecule has 0 aliphatic rings. The molecule has 0 saturated heterocycles. The molecule has 12 aromatic rings. The lowest BCUT2D eigenvalue weighted by Crippen LogP contribution is -1.91. The van der Waals surface area contributed by atoms with Gasteiger partial charge in [-0.1, -0.05) is 170 Å². The van der Waals surface area contributed by atoms with Gasteiger partial charge in [0.25, 0.3) is 0 Å². The highest BCUT2D eigenvalue weighted by Crippen LogP contribution is 2.45. The molecule has 0 amide bonds. The summed E-state index contributed by atoms with van der Waals surface area (Å²) in [6.07, 6.45) is 0. The van der Waals surface area contributed by atoms with Crippen LogP contribution in [0.4, 0.5) is 0 Å². The molecule has 0 N–H and O–H groups in total. The van der Waals surface area contributed by atoms with Crippen LogP contribution < -0.4 is 0 Å². The fourth-order valence-corrected chi connectivity index (χ4v) is 9.45. The summed E-state index contributed by atoms with van der Waals surface area (Å²) in [7, 11) is 0. The average Bonchev–Trinajstić information content (AvgIpc) is 3.66. The summed E-state index contributed by atoms with van der Waals surface area (Å²) in [4.78, 5) is 0. The summed E-state index contributed by atoms with van der Waals surface area (Å²) in [6.45, 7) is 0. The molecule has 0 fully saturated rings. The summed E-state index contributed by atoms with van der Waals surface area (Å²) in [6, 6.07) is 75.5. The second kappa shape index (κ2) is 12.5. The van der Waals surface area contributed by atoms with Crippen molar-refractivity contribution in [1.29, 1.82) is 0 Å². The Morgan fingerprint density at radius 1 is 0.193 bits per heavy atom. The van der Waals surface area contributed by atoms with E-state index in [1.54, 1.807) is 0 Å². The van der Waals surface area contributed by atoms with Gasteiger partial charge in [-0.05, 0) is 135 Å². The number of rotatable bonds is 4. The van der Waals surface area contributed by atoms with Crippen molar-refractivity contribution in [3.05, 3.63) is 206 Å². The van der Waals surface area contributed by atoms with Gasteiger partial charge in [0.05, 0.1) is 0 Å². The molecule has 0 atom stereocenters. The highest BCUT2D eigenvalue weighted by atomic mass is 16.3. The number of hydrogen-bond donors (Lipinski definition) is 0. The van der Waals surface area contributed by atoms with Crippen molar-refractivity contribution in [3.63, 3.8) is 0 Å². The summed E-state index contributed by atoms with van der Waals surface area (Å²) in [5.41, 5.74) is 11.5. The van der Waals surface area contributed by atoms with Gasteiger partial charge in [-0.2, -0.15) is 0 Å². The Morgan fingerprint density at radius 2 is 0.544 bits per heavy atom. The zero-order valence-electron chi connectivity index (χ0n) is 31.0. The zero-order chi connectivity index (χ0) is 37.5. The van der Waals surface area contributed by atoms with E-state index in [4.69, 9.17) is 4.42 Å². The standard InChI is InChI=1S/C56H34O/c1-2-19-43-41(17-1)42-18-3-4-20-44(42)51-33-37(27-29-45(43)51)35-13-11-15-39(31-35)55-47-22-5-7-24-49(47)56(50-25-8-6-23-48(50)55)40-16-12-14-36(32-40)38-28-30-54-52(34-38)46-21-9-10-26-53(46)57-54/h1-34H. The van der Waals surface area contributed by atoms with E-state index in [2.05, 4.69) is 194 Å². The highest BCUT2D eigenvalue weighted by molar-refractivity contribution is 6.26. The fourth-order valence-electron chi connectivity index (χ4n) is 9.45. The van der Waals surface area contributed by atoms with Gasteiger partial charge >= 0.3 is 0 Å². The van der Waals surface area contributed by atoms with Gasteiger partial charge < -0.3 is 4.42 Å². The Hall–Kier alpha value is -7.48. The molecule has 0 saturated carbocycles. The summed E-state index contributed by atoms with van der Waals surface area (Å²) in [5.74, 6) is 0. The molecule has 0 aliphatic carbocycles. The van der Waals surface area contributed by atoms with Gasteiger partial charge in [0, 0.05) is 10.8 Å². The number of fused-ring (bicyclic) bond motifs is 11. The lowest BCUT2D eigenvalue weighted by molar-refractivity contribution is 0.669. The Labute approximate surface area is 329 Å². The second-order valence-corrected chi connectivity index (χ2v) is 15.2. The van der Waals surface area contributed by atoms with Gasteiger partial charge in [0.15, 0.2) is 0 Å². The lowest BCUT2D eigenvalue weighted by atomic mass is 9.85. The molecule has 1 heterocycles. The van der Waals surface area contributed by atoms with Crippen LogP contribution >= 0.6 is 0 Å². The van der Waals surface area contributed by atoms with Crippen molar-refractivity contribution in [2.45, 2.75) is 0 Å². The van der Waals surface area contributed by atoms with Crippen LogP contribution in [0.3, 0.4) is 0 Å². The Bertz CT molecular complexity index is 3490. The number of para-hydroxylation sites is 1. The van der Waals surface area contributed by atoms with Crippen LogP contribution in [0.25, 0.3) is 120 Å². The Morgan fingerprint density at radius 3 is 1.07 bits per heavy atom. The van der Waals surface area contributed by atoms with Crippen LogP contribution in [0.15, 0.2) is 211 Å². The van der Waals surface area contributed by atoms with Gasteiger partial charge in [0.1, 0.15) is 11.2 Å². The van der Waals surface area contributed by atoms with Crippen LogP contribution in [-0.2, 0) is 0 Å². The molecular weight excluding hydrogens is 689 g/mol. The van der Waals surface area contributed by atoms with Crippen LogP contribution in [0.1, 0.15) is 0 Å². The van der Waals surface area contributed by atoms with E-state index >= 15 is 0 Å². The predicted octanol–water partition coefficient (Wildman–Crippen LogP) is 16.0. The SMILES string of the molecule is c1cc(-c2ccc3oc4ccccc4c3c2)cc(-c2c3ccccc3c(-c3cccc(-c4ccc5c6ccccc6c6ccccc6c5c4)c3)c3ccccc23)c1. The second-order valence-electron chi connectivity index (χ2n) is 15.2. The first kappa shape index (κ1) is 31.8. The van der Waals surface area contributed by atoms with Crippen molar-refractivity contribution in [2.75, 3.05) is 0 Å². The maximum atomic E-state index is 6.16. The molecule has 1 aromatic heterocycles. The van der Waals surface area contributed by atoms with Crippen LogP contribution in [0.2, 0.25) is 0 Å². The molecule has 57 heavy (non-hydrogen) atoms. The van der Waals surface area contributed by atoms with Crippen LogP contribution in [-0.4, -0.2) is 0 Å². The quantitative estimate of drug-likeness (QED) is 0.130. The summed E-state index contributed by atoms with van der Waals surface area (Å²) in [5, 5.41) is 15.0. The van der Waals surface area contributed by atoms with E-state index in [1.807, 2.05) is 12.1 Å². The molecule has 1 nitrogen and oxygen atoms in total. The van der Waals surface area contributed by atoms with Gasteiger partial charge in [0.2, 0.25) is 0 Å². The van der Waals surface area contributed by atoms with Crippen molar-refractivity contribution in [3.8, 4) is 44.5 Å². The Balaban J connectivity index is 1.03. The van der Waals surface area contributed by atoms with Crippen LogP contribution in [0, 0.1) is 0 Å². The molecule has 0 aliphatic heterocycles. The molecule has 12 rings (SSSR count). The third kappa shape index (κ3) is 4.96. The summed E-state index contributed by atoms with van der Waals surface area (Å²) < 4.78 is 6.16. The van der Waals surface area contributed by atoms with E-state index in [1.165, 1.54) is 98.4 Å². The number of benzene rings is 11. The van der Waals surface area contributed by atoms with Crippen molar-refractivity contribution >= 4 is 75.8 Å². The molecule has 0 unspecified atom stereocenters. The highest BCUT2D eigenvalue weighted by Gasteiger charge is 2.18. The number of hydrogen-bond acceptors (Lipinski definition) is 1. The molecule has 11 aromatic carbocycles. The minimum atomic E-state index is 0.912. The van der Waals surface area contributed by atoms with Crippen LogP contribution in [0.5, 0.6) is 0 Å². The normalized spacial score (nSPS) is 11.9. The first-order valence-electron chi connectivity index (χ1n) is 19.7. The van der Waals surface area contributed by atoms with Gasteiger partial charge in [-0.15, -0.1) is 0 Å². The molecule has 264 valence electrons. The van der Waals surface area contributed by atoms with E-state index in [0.29, 0.717) is 0 Å². The largest absolute Gasteiger partial charge is 0.456 e. The average molecular weight is 723 g/mol. The zero-order valence-corrected chi connectivity index (χ0v) is 31.0. The molecule has 0 bridgehead atoms. The maximum absolute atomic E-state index is 6.16. The number of furan rings is 1. The minimum Gasteiger partial charge on any atom is -0.456 e. The molecule has 1 heteroatoms. The first-order chi connectivity index (χ1) is 28.3. The minimum absolute atomic E-state index is 0.912. The molecule has 0 spiro atoms. The first-order valence-corrected chi connectivity index (χ1v) is 19.7. The predicted molar refractivity (Wildman–Crippen MR) is 243 cm³/mol. The van der Waals surface area contributed by atoms with Gasteiger partial charge in [-0.3, -0.25) is 0 Å². The smallest absolute Gasteiger partial charge is 0.135 e. The topological polar surface area (TPSA) is 13.1 Å². The maximum Gasteiger partial charge on any atom is 0.135 e. The molecular formula is C56H34O. The fraction of sp³-hybridized carbons (Fsp3) is 0. The van der Waals surface area contributed by atoms with Crippen molar-refractivity contribution < 1.29 is 4.42 Å². The van der Waals surface area contributed by atoms with Crippen molar-refractivity contribution in [1.82, 2.24) is 0 Å². The third-order valence-electron chi connectivity index (χ3n) is 12.0. The summed E-state index contributed by atoms with van der Waals surface area (Å²) >= 11 is 0. The van der Waals surface area contributed by atoms with E-state index in [0.717, 1.165) is 21.9 Å². The molecule has 0 radical (unpaired) electrons. The van der Waals surface area contributed by atoms with Gasteiger partial charge in [-0.25, -0.2) is 0 Å². The van der Waals surface area contributed by atoms with E-state index < -0.39 is 0 Å². The van der Waals surface area contributed by atoms with Crippen molar-refractivity contribution in [2.24, 2.45) is 0 Å². The lowest BCUT2D eigenvalue weighted by Gasteiger charge is -2.19. The third-order valence-corrected chi connectivity index (χ3v) is 12.0. The monoisotopic (exact) mass is 722 g/mol. The van der Waals surface area contributed by atoms with E-state index in [9.17, 15) is 0 Å².